The summed E-state index contributed by atoms with van der Waals surface area (Å²) < 4.78 is 22.9. The smallest absolute Gasteiger partial charge is 0.515 e. The maximum absolute atomic E-state index is 5.73. The van der Waals surface area contributed by atoms with E-state index in [-0.39, 0.29) is 41.9 Å². The molecule has 0 unspecified atom stereocenters. The van der Waals surface area contributed by atoms with Gasteiger partial charge in [-0.3, -0.25) is 0 Å². The fourth-order valence-corrected chi connectivity index (χ4v) is 9.36. The van der Waals surface area contributed by atoms with E-state index in [2.05, 4.69) is 27.7 Å². The second-order valence-electron chi connectivity index (χ2n) is 9.71. The van der Waals surface area contributed by atoms with Crippen molar-refractivity contribution in [2.75, 3.05) is 0 Å². The van der Waals surface area contributed by atoms with Gasteiger partial charge in [0.15, 0.2) is 0 Å². The normalized spacial score (nSPS) is 13.9. The van der Waals surface area contributed by atoms with Crippen LogP contribution in [-0.4, -0.2) is 22.4 Å². The predicted molar refractivity (Wildman–Crippen MR) is 145 cm³/mol. The zero-order chi connectivity index (χ0) is 24.7. The first-order valence-corrected chi connectivity index (χ1v) is 17.8. The molecule has 0 N–H and O–H groups in total. The van der Waals surface area contributed by atoms with Gasteiger partial charge in [0.05, 0.1) is 0 Å². The largest absolute Gasteiger partial charge is 2.00 e. The Morgan fingerprint density at radius 1 is 0.452 bits per heavy atom. The number of hydrogen-bond donors (Lipinski definition) is 0. The average Bonchev–Trinajstić information content (AvgIpc) is 2.51. The van der Waals surface area contributed by atoms with Gasteiger partial charge in [-0.1, -0.05) is 27.7 Å². The second-order valence-corrected chi connectivity index (χ2v) is 19.4. The molecule has 0 atom stereocenters. The summed E-state index contributed by atoms with van der Waals surface area (Å²) >= 11 is 21.0. The quantitative estimate of drug-likeness (QED) is 0.125. The minimum absolute atomic E-state index is 0. The van der Waals surface area contributed by atoms with Gasteiger partial charge >= 0.3 is 19.5 Å². The molecule has 11 heteroatoms. The summed E-state index contributed by atoms with van der Waals surface area (Å²) in [5.74, 6) is 0. The molecule has 0 aromatic rings. The van der Waals surface area contributed by atoms with Crippen LogP contribution in [0.4, 0.5) is 0 Å². The molecule has 4 nitrogen and oxygen atoms in total. The third-order valence-corrected chi connectivity index (χ3v) is 9.50. The molecular weight excluding hydrogens is 560 g/mol. The summed E-state index contributed by atoms with van der Waals surface area (Å²) in [4.78, 5) is 0. The summed E-state index contributed by atoms with van der Waals surface area (Å²) in [6.45, 7) is 24.1. The fraction of sp³-hybridized carbons (Fsp3) is 1.00. The van der Waals surface area contributed by atoms with Crippen LogP contribution in [0, 0.1) is 0 Å². The third kappa shape index (κ3) is 20.6. The summed E-state index contributed by atoms with van der Waals surface area (Å²) in [6, 6.07) is 0. The second kappa shape index (κ2) is 15.1. The Kier molecular flexibility index (Phi) is 18.6. The van der Waals surface area contributed by atoms with Gasteiger partial charge in [-0.25, -0.2) is 18.1 Å². The van der Waals surface area contributed by atoms with E-state index in [1.54, 1.807) is 0 Å². The molecule has 0 fully saturated rings. The van der Waals surface area contributed by atoms with Gasteiger partial charge in [-0.05, 0) is 81.1 Å². The molecule has 0 amide bonds. The van der Waals surface area contributed by atoms with E-state index in [0.717, 1.165) is 25.7 Å². The molecular formula is C20H44O4P2S4Zn. The van der Waals surface area contributed by atoms with Crippen molar-refractivity contribution in [1.29, 1.82) is 0 Å². The van der Waals surface area contributed by atoms with Crippen molar-refractivity contribution in [3.8, 4) is 0 Å². The standard InChI is InChI=1S/2C10H23O2PS2.Zn/c2*1-7-9(3,4)11-13(14,15)12-10(5,6)8-2;/h2*7-8H2,1-6H3,(H,14,15);/q;;+2/p-2. The minimum Gasteiger partial charge on any atom is -0.515 e. The fourth-order valence-electron chi connectivity index (χ4n) is 1.51. The van der Waals surface area contributed by atoms with E-state index in [9.17, 15) is 0 Å². The van der Waals surface area contributed by atoms with Crippen molar-refractivity contribution >= 4 is 61.2 Å². The summed E-state index contributed by atoms with van der Waals surface area (Å²) in [5.41, 5.74) is -1.16. The Bertz CT molecular complexity index is 422. The molecule has 0 saturated heterocycles. The Morgan fingerprint density at radius 2 is 0.581 bits per heavy atom. The van der Waals surface area contributed by atoms with Gasteiger partial charge in [0, 0.05) is 12.2 Å². The average molecular weight is 604 g/mol. The van der Waals surface area contributed by atoms with E-state index in [0.29, 0.717) is 0 Å². The minimum atomic E-state index is -2.55. The van der Waals surface area contributed by atoms with E-state index >= 15 is 0 Å². The molecule has 0 aromatic carbocycles. The molecule has 0 saturated carbocycles. The van der Waals surface area contributed by atoms with Crippen molar-refractivity contribution in [2.24, 2.45) is 0 Å². The van der Waals surface area contributed by atoms with Gasteiger partial charge in [0.1, 0.15) is 22.4 Å². The molecule has 0 aliphatic carbocycles. The van der Waals surface area contributed by atoms with Crippen LogP contribution in [0.1, 0.15) is 109 Å². The van der Waals surface area contributed by atoms with Crippen LogP contribution in [0.3, 0.4) is 0 Å². The van der Waals surface area contributed by atoms with Crippen molar-refractivity contribution in [3.05, 3.63) is 0 Å². The van der Waals surface area contributed by atoms with Crippen molar-refractivity contribution in [2.45, 2.75) is 131 Å². The molecule has 0 bridgehead atoms. The van der Waals surface area contributed by atoms with Crippen LogP contribution >= 0.6 is 12.2 Å². The molecule has 0 radical (unpaired) electrons. The Morgan fingerprint density at radius 3 is 0.677 bits per heavy atom. The molecule has 0 heterocycles. The first kappa shape index (κ1) is 38.3. The Labute approximate surface area is 228 Å². The third-order valence-electron chi connectivity index (χ3n) is 4.84. The summed E-state index contributed by atoms with van der Waals surface area (Å²) in [5, 5.41) is 0. The predicted octanol–water partition coefficient (Wildman–Crippen LogP) is 8.33. The Balaban J connectivity index is -0.000000490. The number of hydrogen-bond acceptors (Lipinski definition) is 8. The summed E-state index contributed by atoms with van der Waals surface area (Å²) in [7, 11) is 0. The topological polar surface area (TPSA) is 36.9 Å². The maximum atomic E-state index is 5.73. The molecule has 0 rings (SSSR count). The molecule has 0 aromatic heterocycles. The van der Waals surface area contributed by atoms with Gasteiger partial charge in [-0.2, -0.15) is 0 Å². The van der Waals surface area contributed by atoms with Crippen LogP contribution in [0.2, 0.25) is 0 Å². The zero-order valence-electron chi connectivity index (χ0n) is 21.7. The van der Waals surface area contributed by atoms with Gasteiger partial charge in [0.2, 0.25) is 0 Å². The van der Waals surface area contributed by atoms with Crippen LogP contribution in [-0.2, 0) is 86.6 Å². The van der Waals surface area contributed by atoms with Gasteiger partial charge < -0.3 is 49.0 Å². The number of rotatable bonds is 12. The van der Waals surface area contributed by atoms with Crippen LogP contribution in [0.25, 0.3) is 0 Å². The molecule has 0 spiro atoms. The van der Waals surface area contributed by atoms with Crippen molar-refractivity contribution < 1.29 is 37.6 Å². The van der Waals surface area contributed by atoms with Crippen LogP contribution in [0.15, 0.2) is 0 Å². The van der Waals surface area contributed by atoms with E-state index < -0.39 is 12.2 Å². The molecule has 184 valence electrons. The Hall–Kier alpha value is 2.72. The molecule has 31 heavy (non-hydrogen) atoms. The van der Waals surface area contributed by atoms with Crippen LogP contribution in [0.5, 0.6) is 0 Å². The van der Waals surface area contributed by atoms with E-state index in [4.69, 9.17) is 67.1 Å². The SMILES string of the molecule is CCC(C)(C)O[P+]([S-])([S-])OC(C)(C)CC.CCC(C)(C)O[P+]([S-])([S-])OC(C)(C)CC.[Zn+2]. The van der Waals surface area contributed by atoms with E-state index in [1.807, 2.05) is 55.4 Å². The monoisotopic (exact) mass is 602 g/mol. The zero-order valence-corrected chi connectivity index (χ0v) is 29.7. The van der Waals surface area contributed by atoms with Crippen molar-refractivity contribution in [3.63, 3.8) is 0 Å². The maximum Gasteiger partial charge on any atom is 2.00 e. The molecule has 0 aliphatic rings. The first-order chi connectivity index (χ1) is 13.1. The molecule has 0 aliphatic heterocycles. The van der Waals surface area contributed by atoms with Crippen molar-refractivity contribution in [1.82, 2.24) is 0 Å². The first-order valence-electron chi connectivity index (χ1n) is 10.5. The summed E-state index contributed by atoms with van der Waals surface area (Å²) in [6.07, 6.45) is -1.61. The van der Waals surface area contributed by atoms with E-state index in [1.165, 1.54) is 0 Å². The van der Waals surface area contributed by atoms with Gasteiger partial charge in [0.25, 0.3) is 0 Å². The van der Waals surface area contributed by atoms with Crippen LogP contribution < -0.4 is 0 Å². The van der Waals surface area contributed by atoms with Gasteiger partial charge in [-0.15, -0.1) is 0 Å².